The highest BCUT2D eigenvalue weighted by atomic mass is 16.5. The number of hydrogen-bond donors (Lipinski definition) is 0. The van der Waals surface area contributed by atoms with Crippen molar-refractivity contribution in [3.63, 3.8) is 0 Å². The second-order valence-electron chi connectivity index (χ2n) is 4.87. The van der Waals surface area contributed by atoms with Crippen molar-refractivity contribution in [2.45, 2.75) is 20.3 Å². The third-order valence-electron chi connectivity index (χ3n) is 3.10. The first-order valence-corrected chi connectivity index (χ1v) is 7.71. The molecule has 1 heterocycles. The van der Waals surface area contributed by atoms with E-state index in [2.05, 4.69) is 18.0 Å². The molecule has 23 heavy (non-hydrogen) atoms. The van der Waals surface area contributed by atoms with Crippen LogP contribution in [0.4, 0.5) is 0 Å². The van der Waals surface area contributed by atoms with Crippen LogP contribution in [-0.4, -0.2) is 18.2 Å². The lowest BCUT2D eigenvalue weighted by Crippen LogP contribution is -2.00. The average molecular weight is 308 g/mol. The zero-order valence-electron chi connectivity index (χ0n) is 13.5. The quantitative estimate of drug-likeness (QED) is 0.714. The summed E-state index contributed by atoms with van der Waals surface area (Å²) in [5.74, 6) is 1.41. The largest absolute Gasteiger partial charge is 0.490 e. The van der Waals surface area contributed by atoms with Gasteiger partial charge in [0.25, 0.3) is 0 Å². The van der Waals surface area contributed by atoms with Crippen molar-refractivity contribution in [3.05, 3.63) is 53.9 Å². The molecule has 0 fully saturated rings. The third-order valence-corrected chi connectivity index (χ3v) is 3.10. The van der Waals surface area contributed by atoms with Crippen LogP contribution in [0.2, 0.25) is 0 Å². The molecule has 0 spiro atoms. The monoisotopic (exact) mass is 308 g/mol. The molecule has 0 radical (unpaired) electrons. The standard InChI is InChI=1S/C19H20N2O2/c1-3-11-23-18-9-8-15(13-19(18)22-4-2)12-16(14-20)17-7-5-6-10-21-17/h5-10,12-13H,3-4,11H2,1-2H3. The fraction of sp³-hybridized carbons (Fsp3) is 0.263. The number of ether oxygens (including phenoxy) is 2. The van der Waals surface area contributed by atoms with E-state index < -0.39 is 0 Å². The van der Waals surface area contributed by atoms with Gasteiger partial charge in [-0.15, -0.1) is 0 Å². The van der Waals surface area contributed by atoms with E-state index in [1.54, 1.807) is 12.3 Å². The van der Waals surface area contributed by atoms with E-state index >= 15 is 0 Å². The van der Waals surface area contributed by atoms with E-state index in [0.717, 1.165) is 17.7 Å². The van der Waals surface area contributed by atoms with Gasteiger partial charge in [0.2, 0.25) is 0 Å². The summed E-state index contributed by atoms with van der Waals surface area (Å²) in [4.78, 5) is 4.22. The summed E-state index contributed by atoms with van der Waals surface area (Å²) in [7, 11) is 0. The Balaban J connectivity index is 2.33. The molecule has 0 atom stereocenters. The van der Waals surface area contributed by atoms with Gasteiger partial charge in [-0.05, 0) is 49.2 Å². The summed E-state index contributed by atoms with van der Waals surface area (Å²) in [6.07, 6.45) is 4.41. The van der Waals surface area contributed by atoms with E-state index in [4.69, 9.17) is 9.47 Å². The van der Waals surface area contributed by atoms with Gasteiger partial charge in [0, 0.05) is 6.20 Å². The zero-order valence-corrected chi connectivity index (χ0v) is 13.5. The molecule has 0 aliphatic heterocycles. The molecule has 0 saturated carbocycles. The zero-order chi connectivity index (χ0) is 16.5. The lowest BCUT2D eigenvalue weighted by atomic mass is 10.1. The average Bonchev–Trinajstić information content (AvgIpc) is 2.60. The summed E-state index contributed by atoms with van der Waals surface area (Å²) < 4.78 is 11.3. The van der Waals surface area contributed by atoms with Gasteiger partial charge in [0.05, 0.1) is 24.5 Å². The Morgan fingerprint density at radius 3 is 2.70 bits per heavy atom. The van der Waals surface area contributed by atoms with Gasteiger partial charge in [-0.3, -0.25) is 4.98 Å². The molecule has 2 aromatic rings. The number of allylic oxidation sites excluding steroid dienone is 1. The summed E-state index contributed by atoms with van der Waals surface area (Å²) in [5.41, 5.74) is 2.04. The SMILES string of the molecule is CCCOc1ccc(C=C(C#N)c2ccccn2)cc1OCC. The van der Waals surface area contributed by atoms with Crippen molar-refractivity contribution in [2.24, 2.45) is 0 Å². The summed E-state index contributed by atoms with van der Waals surface area (Å²) >= 11 is 0. The Morgan fingerprint density at radius 2 is 2.04 bits per heavy atom. The Labute approximate surface area is 137 Å². The normalized spacial score (nSPS) is 10.9. The third kappa shape index (κ3) is 4.58. The molecule has 1 aromatic carbocycles. The van der Waals surface area contributed by atoms with Crippen molar-refractivity contribution < 1.29 is 9.47 Å². The fourth-order valence-corrected chi connectivity index (χ4v) is 2.07. The van der Waals surface area contributed by atoms with Crippen molar-refractivity contribution in [1.29, 1.82) is 5.26 Å². The smallest absolute Gasteiger partial charge is 0.161 e. The Morgan fingerprint density at radius 1 is 1.17 bits per heavy atom. The number of nitrogens with zero attached hydrogens (tertiary/aromatic N) is 2. The number of aromatic nitrogens is 1. The molecule has 0 unspecified atom stereocenters. The van der Waals surface area contributed by atoms with Crippen molar-refractivity contribution in [2.75, 3.05) is 13.2 Å². The maximum absolute atomic E-state index is 9.37. The van der Waals surface area contributed by atoms with Crippen LogP contribution in [-0.2, 0) is 0 Å². The Hall–Kier alpha value is -2.80. The van der Waals surface area contributed by atoms with Gasteiger partial charge < -0.3 is 9.47 Å². The summed E-state index contributed by atoms with van der Waals surface area (Å²) in [6, 6.07) is 13.4. The van der Waals surface area contributed by atoms with Crippen molar-refractivity contribution in [1.82, 2.24) is 4.98 Å². The predicted molar refractivity (Wildman–Crippen MR) is 91.1 cm³/mol. The Kier molecular flexibility index (Phi) is 6.19. The Bertz CT molecular complexity index is 703. The summed E-state index contributed by atoms with van der Waals surface area (Å²) in [6.45, 7) is 5.19. The topological polar surface area (TPSA) is 55.1 Å². The van der Waals surface area contributed by atoms with Gasteiger partial charge in [0.1, 0.15) is 6.07 Å². The van der Waals surface area contributed by atoms with Crippen LogP contribution in [0.25, 0.3) is 11.6 Å². The van der Waals surface area contributed by atoms with Gasteiger partial charge in [-0.25, -0.2) is 0 Å². The predicted octanol–water partition coefficient (Wildman–Crippen LogP) is 4.33. The highest BCUT2D eigenvalue weighted by Crippen LogP contribution is 2.30. The molecule has 118 valence electrons. The second-order valence-corrected chi connectivity index (χ2v) is 4.87. The first-order valence-electron chi connectivity index (χ1n) is 7.71. The van der Waals surface area contributed by atoms with Crippen LogP contribution in [0.5, 0.6) is 11.5 Å². The molecule has 4 heteroatoms. The van der Waals surface area contributed by atoms with Crippen LogP contribution in [0.3, 0.4) is 0 Å². The lowest BCUT2D eigenvalue weighted by molar-refractivity contribution is 0.277. The molecule has 0 amide bonds. The first kappa shape index (κ1) is 16.6. The van der Waals surface area contributed by atoms with E-state index in [1.165, 1.54) is 0 Å². The van der Waals surface area contributed by atoms with Crippen molar-refractivity contribution >= 4 is 11.6 Å². The van der Waals surface area contributed by atoms with E-state index in [9.17, 15) is 5.26 Å². The summed E-state index contributed by atoms with van der Waals surface area (Å²) in [5, 5.41) is 9.37. The molecule has 0 bridgehead atoms. The second kappa shape index (κ2) is 8.60. The van der Waals surface area contributed by atoms with Gasteiger partial charge >= 0.3 is 0 Å². The van der Waals surface area contributed by atoms with E-state index in [0.29, 0.717) is 30.2 Å². The van der Waals surface area contributed by atoms with Crippen LogP contribution in [0.1, 0.15) is 31.5 Å². The molecule has 4 nitrogen and oxygen atoms in total. The maximum atomic E-state index is 9.37. The minimum absolute atomic E-state index is 0.510. The number of benzene rings is 1. The molecule has 1 aromatic heterocycles. The molecule has 0 N–H and O–H groups in total. The van der Waals surface area contributed by atoms with Gasteiger partial charge in [0.15, 0.2) is 11.5 Å². The first-order chi connectivity index (χ1) is 11.3. The molecular formula is C19H20N2O2. The van der Waals surface area contributed by atoms with E-state index in [-0.39, 0.29) is 0 Å². The number of pyridine rings is 1. The highest BCUT2D eigenvalue weighted by Gasteiger charge is 2.07. The molecular weight excluding hydrogens is 288 g/mol. The number of hydrogen-bond acceptors (Lipinski definition) is 4. The minimum atomic E-state index is 0.510. The molecule has 2 rings (SSSR count). The van der Waals surface area contributed by atoms with Gasteiger partial charge in [-0.2, -0.15) is 5.26 Å². The van der Waals surface area contributed by atoms with Gasteiger partial charge in [-0.1, -0.05) is 19.1 Å². The maximum Gasteiger partial charge on any atom is 0.161 e. The molecule has 0 saturated heterocycles. The molecule has 0 aliphatic rings. The molecule has 0 aliphatic carbocycles. The van der Waals surface area contributed by atoms with Crippen LogP contribution in [0.15, 0.2) is 42.6 Å². The lowest BCUT2D eigenvalue weighted by Gasteiger charge is -2.12. The number of nitriles is 1. The highest BCUT2D eigenvalue weighted by molar-refractivity contribution is 5.88. The van der Waals surface area contributed by atoms with E-state index in [1.807, 2.05) is 43.3 Å². The van der Waals surface area contributed by atoms with Crippen LogP contribution < -0.4 is 9.47 Å². The number of rotatable bonds is 7. The van der Waals surface area contributed by atoms with Crippen LogP contribution >= 0.6 is 0 Å². The van der Waals surface area contributed by atoms with Crippen LogP contribution in [0, 0.1) is 11.3 Å². The minimum Gasteiger partial charge on any atom is -0.490 e. The fourth-order valence-electron chi connectivity index (χ4n) is 2.07. The van der Waals surface area contributed by atoms with Crippen molar-refractivity contribution in [3.8, 4) is 17.6 Å².